The molecule has 0 aliphatic carbocycles. The summed E-state index contributed by atoms with van der Waals surface area (Å²) in [6.07, 6.45) is 3.20. The van der Waals surface area contributed by atoms with Gasteiger partial charge in [0.1, 0.15) is 10.8 Å². The van der Waals surface area contributed by atoms with E-state index in [9.17, 15) is 0 Å². The minimum absolute atomic E-state index is 0.507. The Morgan fingerprint density at radius 2 is 2.20 bits per heavy atom. The molecule has 102 valence electrons. The average molecular weight is 288 g/mol. The van der Waals surface area contributed by atoms with Gasteiger partial charge in [0.15, 0.2) is 11.0 Å². The molecule has 2 aromatic heterocycles. The van der Waals surface area contributed by atoms with Gasteiger partial charge in [-0.3, -0.25) is 4.98 Å². The van der Waals surface area contributed by atoms with Crippen molar-refractivity contribution in [3.8, 4) is 5.75 Å². The van der Waals surface area contributed by atoms with Crippen molar-refractivity contribution in [3.05, 3.63) is 30.6 Å². The molecule has 0 atom stereocenters. The number of nitrogens with two attached hydrogens (primary N) is 1. The Bertz CT molecular complexity index is 744. The van der Waals surface area contributed by atoms with Crippen molar-refractivity contribution in [1.29, 1.82) is 0 Å². The number of aromatic nitrogens is 4. The number of rotatable bonds is 4. The van der Waals surface area contributed by atoms with Crippen molar-refractivity contribution in [2.45, 2.75) is 10.2 Å². The molecular weight excluding hydrogens is 276 g/mol. The Hall–Kier alpha value is -2.32. The number of methoxy groups -OCH3 is 1. The molecule has 0 amide bonds. The third-order valence-electron chi connectivity index (χ3n) is 2.63. The summed E-state index contributed by atoms with van der Waals surface area (Å²) in [4.78, 5) is 16.0. The van der Waals surface area contributed by atoms with E-state index < -0.39 is 0 Å². The van der Waals surface area contributed by atoms with Crippen molar-refractivity contribution in [3.63, 3.8) is 0 Å². The molecule has 0 saturated carbocycles. The Morgan fingerprint density at radius 1 is 1.30 bits per heavy atom. The van der Waals surface area contributed by atoms with E-state index in [1.165, 1.54) is 11.8 Å². The van der Waals surface area contributed by atoms with Crippen LogP contribution in [0, 0.1) is 0 Å². The van der Waals surface area contributed by atoms with Crippen LogP contribution in [0.2, 0.25) is 0 Å². The molecule has 0 spiro atoms. The van der Waals surface area contributed by atoms with Crippen LogP contribution in [0.3, 0.4) is 0 Å². The lowest BCUT2D eigenvalue weighted by Gasteiger charge is -2.00. The first-order valence-corrected chi connectivity index (χ1v) is 6.60. The largest absolute Gasteiger partial charge is 0.497 e. The normalized spacial score (nSPS) is 10.7. The summed E-state index contributed by atoms with van der Waals surface area (Å²) in [7, 11) is 1.63. The Labute approximate surface area is 118 Å². The third-order valence-corrected chi connectivity index (χ3v) is 3.42. The number of nitrogen functional groups attached to an aromatic ring is 1. The number of fused-ring (bicyclic) bond motifs is 1. The van der Waals surface area contributed by atoms with Crippen molar-refractivity contribution >= 4 is 28.6 Å². The molecule has 0 fully saturated rings. The van der Waals surface area contributed by atoms with Crippen molar-refractivity contribution in [2.75, 3.05) is 12.5 Å². The SMILES string of the molecule is COc1ccc2nc(Sc3cncc(NN)n3)[nH]c2c1. The number of hydrogen-bond donors (Lipinski definition) is 3. The molecule has 8 heteroatoms. The molecule has 0 bridgehead atoms. The molecule has 0 radical (unpaired) electrons. The van der Waals surface area contributed by atoms with E-state index in [0.717, 1.165) is 21.9 Å². The number of hydrazine groups is 1. The van der Waals surface area contributed by atoms with Gasteiger partial charge >= 0.3 is 0 Å². The molecule has 3 aromatic rings. The van der Waals surface area contributed by atoms with Crippen LogP contribution in [0.1, 0.15) is 0 Å². The first kappa shape index (κ1) is 12.7. The first-order chi connectivity index (χ1) is 9.78. The second-order valence-electron chi connectivity index (χ2n) is 3.91. The van der Waals surface area contributed by atoms with Gasteiger partial charge in [0.25, 0.3) is 0 Å². The number of anilines is 1. The smallest absolute Gasteiger partial charge is 0.172 e. The van der Waals surface area contributed by atoms with E-state index in [-0.39, 0.29) is 0 Å². The number of ether oxygens (including phenoxy) is 1. The molecule has 2 heterocycles. The zero-order valence-corrected chi connectivity index (χ0v) is 11.4. The van der Waals surface area contributed by atoms with Gasteiger partial charge in [-0.05, 0) is 23.9 Å². The predicted octanol–water partition coefficient (Wildman–Crippen LogP) is 1.80. The lowest BCUT2D eigenvalue weighted by molar-refractivity contribution is 0.415. The monoisotopic (exact) mass is 288 g/mol. The Kier molecular flexibility index (Phi) is 3.40. The first-order valence-electron chi connectivity index (χ1n) is 5.79. The molecule has 0 aliphatic rings. The highest BCUT2D eigenvalue weighted by Gasteiger charge is 2.07. The number of nitrogens with one attached hydrogen (secondary N) is 2. The quantitative estimate of drug-likeness (QED) is 0.497. The zero-order valence-electron chi connectivity index (χ0n) is 10.6. The maximum absolute atomic E-state index is 5.31. The van der Waals surface area contributed by atoms with Crippen LogP contribution >= 0.6 is 11.8 Å². The van der Waals surface area contributed by atoms with Crippen LogP contribution in [0.15, 0.2) is 40.8 Å². The van der Waals surface area contributed by atoms with E-state index in [4.69, 9.17) is 10.6 Å². The van der Waals surface area contributed by atoms with E-state index in [2.05, 4.69) is 25.4 Å². The number of benzene rings is 1. The summed E-state index contributed by atoms with van der Waals surface area (Å²) in [6, 6.07) is 5.67. The van der Waals surface area contributed by atoms with Crippen LogP contribution in [-0.4, -0.2) is 27.0 Å². The molecule has 0 saturated heterocycles. The molecule has 20 heavy (non-hydrogen) atoms. The van der Waals surface area contributed by atoms with Gasteiger partial charge in [-0.25, -0.2) is 15.8 Å². The summed E-state index contributed by atoms with van der Waals surface area (Å²) in [6.45, 7) is 0. The highest BCUT2D eigenvalue weighted by molar-refractivity contribution is 7.99. The third kappa shape index (κ3) is 2.51. The zero-order chi connectivity index (χ0) is 13.9. The molecule has 3 rings (SSSR count). The van der Waals surface area contributed by atoms with Crippen LogP contribution in [-0.2, 0) is 0 Å². The van der Waals surface area contributed by atoms with Crippen LogP contribution < -0.4 is 16.0 Å². The van der Waals surface area contributed by atoms with Crippen LogP contribution in [0.25, 0.3) is 11.0 Å². The van der Waals surface area contributed by atoms with Gasteiger partial charge in [0, 0.05) is 6.07 Å². The number of nitrogens with zero attached hydrogens (tertiary/aromatic N) is 3. The molecule has 4 N–H and O–H groups in total. The van der Waals surface area contributed by atoms with E-state index in [1.54, 1.807) is 19.5 Å². The highest BCUT2D eigenvalue weighted by Crippen LogP contribution is 2.27. The van der Waals surface area contributed by atoms with Crippen LogP contribution in [0.5, 0.6) is 5.75 Å². The summed E-state index contributed by atoms with van der Waals surface area (Å²) >= 11 is 1.38. The minimum Gasteiger partial charge on any atom is -0.497 e. The maximum Gasteiger partial charge on any atom is 0.172 e. The fraction of sp³-hybridized carbons (Fsp3) is 0.0833. The van der Waals surface area contributed by atoms with Crippen molar-refractivity contribution < 1.29 is 4.74 Å². The standard InChI is InChI=1S/C12H12N6OS/c1-19-7-2-3-8-9(4-7)16-12(15-8)20-11-6-14-5-10(17-11)18-13/h2-6H,13H2,1H3,(H,15,16)(H,17,18). The predicted molar refractivity (Wildman–Crippen MR) is 76.6 cm³/mol. The minimum atomic E-state index is 0.507. The number of aromatic amines is 1. The number of H-pyrrole nitrogens is 1. The summed E-state index contributed by atoms with van der Waals surface area (Å²) in [5.41, 5.74) is 4.24. The maximum atomic E-state index is 5.31. The van der Waals surface area contributed by atoms with Gasteiger partial charge in [0.2, 0.25) is 0 Å². The van der Waals surface area contributed by atoms with E-state index in [1.807, 2.05) is 18.2 Å². The van der Waals surface area contributed by atoms with Gasteiger partial charge in [-0.1, -0.05) is 0 Å². The molecular formula is C12H12N6OS. The Morgan fingerprint density at radius 3 is 3.00 bits per heavy atom. The van der Waals surface area contributed by atoms with Gasteiger partial charge in [-0.2, -0.15) is 0 Å². The second kappa shape index (κ2) is 5.35. The summed E-state index contributed by atoms with van der Waals surface area (Å²) in [5, 5.41) is 1.43. The lowest BCUT2D eigenvalue weighted by Crippen LogP contribution is -2.08. The summed E-state index contributed by atoms with van der Waals surface area (Å²) < 4.78 is 5.18. The fourth-order valence-electron chi connectivity index (χ4n) is 1.71. The lowest BCUT2D eigenvalue weighted by atomic mass is 10.3. The number of imidazole rings is 1. The van der Waals surface area contributed by atoms with Crippen molar-refractivity contribution in [1.82, 2.24) is 19.9 Å². The summed E-state index contributed by atoms with van der Waals surface area (Å²) in [5.74, 6) is 6.60. The molecule has 0 unspecified atom stereocenters. The van der Waals surface area contributed by atoms with Gasteiger partial charge in [-0.15, -0.1) is 0 Å². The topological polar surface area (TPSA) is 102 Å². The van der Waals surface area contributed by atoms with Crippen LogP contribution in [0.4, 0.5) is 5.82 Å². The highest BCUT2D eigenvalue weighted by atomic mass is 32.2. The van der Waals surface area contributed by atoms with Gasteiger partial charge < -0.3 is 15.1 Å². The molecule has 7 nitrogen and oxygen atoms in total. The van der Waals surface area contributed by atoms with Crippen molar-refractivity contribution in [2.24, 2.45) is 5.84 Å². The van der Waals surface area contributed by atoms with E-state index in [0.29, 0.717) is 10.8 Å². The molecule has 0 aliphatic heterocycles. The fourth-order valence-corrected chi connectivity index (χ4v) is 2.47. The van der Waals surface area contributed by atoms with E-state index >= 15 is 0 Å². The number of hydrogen-bond acceptors (Lipinski definition) is 7. The van der Waals surface area contributed by atoms with Gasteiger partial charge in [0.05, 0.1) is 30.5 Å². The second-order valence-corrected chi connectivity index (χ2v) is 4.92. The average Bonchev–Trinajstić information content (AvgIpc) is 2.88. The molecule has 1 aromatic carbocycles. The Balaban J connectivity index is 1.90.